The molecule has 2 rings (SSSR count). The summed E-state index contributed by atoms with van der Waals surface area (Å²) in [5, 5.41) is 6.64. The summed E-state index contributed by atoms with van der Waals surface area (Å²) in [6.45, 7) is 0.794. The van der Waals surface area contributed by atoms with Crippen molar-refractivity contribution in [2.45, 2.75) is 25.4 Å². The second-order valence-corrected chi connectivity index (χ2v) is 4.82. The summed E-state index contributed by atoms with van der Waals surface area (Å²) in [6.07, 6.45) is 2.35. The third-order valence-electron chi connectivity index (χ3n) is 2.85. The number of nitrogens with one attached hydrogen (secondary N) is 2. The molecule has 1 aromatic rings. The molecule has 1 aliphatic rings. The number of methoxy groups -OCH3 is 1. The molecule has 0 heterocycles. The van der Waals surface area contributed by atoms with Gasteiger partial charge in [0.2, 0.25) is 5.91 Å². The highest BCUT2D eigenvalue weighted by Crippen LogP contribution is 2.22. The number of carbonyl (C=O) groups is 1. The van der Waals surface area contributed by atoms with E-state index >= 15 is 0 Å². The number of halogens is 1. The van der Waals surface area contributed by atoms with Crippen molar-refractivity contribution in [3.05, 3.63) is 28.8 Å². The van der Waals surface area contributed by atoms with Crippen molar-refractivity contribution in [3.8, 4) is 5.75 Å². The van der Waals surface area contributed by atoms with Gasteiger partial charge in [-0.3, -0.25) is 4.79 Å². The van der Waals surface area contributed by atoms with E-state index in [1.54, 1.807) is 25.3 Å². The lowest BCUT2D eigenvalue weighted by Crippen LogP contribution is -2.34. The van der Waals surface area contributed by atoms with Crippen molar-refractivity contribution in [1.29, 1.82) is 0 Å². The zero-order valence-corrected chi connectivity index (χ0v) is 11.1. The zero-order chi connectivity index (χ0) is 13.0. The van der Waals surface area contributed by atoms with Crippen molar-refractivity contribution in [2.75, 3.05) is 13.7 Å². The van der Waals surface area contributed by atoms with E-state index in [0.717, 1.165) is 11.3 Å². The van der Waals surface area contributed by atoms with E-state index in [1.807, 2.05) is 0 Å². The van der Waals surface area contributed by atoms with Gasteiger partial charge in [-0.1, -0.05) is 11.6 Å². The molecule has 1 aromatic carbocycles. The van der Waals surface area contributed by atoms with Gasteiger partial charge < -0.3 is 15.4 Å². The molecule has 0 atom stereocenters. The van der Waals surface area contributed by atoms with Crippen LogP contribution in [0.2, 0.25) is 5.02 Å². The van der Waals surface area contributed by atoms with E-state index in [-0.39, 0.29) is 5.91 Å². The minimum absolute atomic E-state index is 0.0103. The first-order chi connectivity index (χ1) is 8.69. The molecule has 0 unspecified atom stereocenters. The van der Waals surface area contributed by atoms with E-state index in [0.29, 0.717) is 24.2 Å². The first-order valence-electron chi connectivity index (χ1n) is 6.01. The van der Waals surface area contributed by atoms with Crippen molar-refractivity contribution in [2.24, 2.45) is 0 Å². The van der Waals surface area contributed by atoms with Gasteiger partial charge in [-0.15, -0.1) is 0 Å². The molecule has 1 aliphatic carbocycles. The summed E-state index contributed by atoms with van der Waals surface area (Å²) >= 11 is 5.92. The maximum Gasteiger partial charge on any atom is 0.234 e. The van der Waals surface area contributed by atoms with Crippen LogP contribution < -0.4 is 15.4 Å². The second kappa shape index (κ2) is 6.07. The first kappa shape index (κ1) is 13.2. The maximum absolute atomic E-state index is 11.6. The topological polar surface area (TPSA) is 50.4 Å². The number of hydrogen-bond donors (Lipinski definition) is 2. The number of amides is 1. The van der Waals surface area contributed by atoms with E-state index in [4.69, 9.17) is 16.3 Å². The predicted molar refractivity (Wildman–Crippen MR) is 70.9 cm³/mol. The quantitative estimate of drug-likeness (QED) is 0.826. The molecule has 2 N–H and O–H groups in total. The summed E-state index contributed by atoms with van der Waals surface area (Å²) < 4.78 is 5.22. The monoisotopic (exact) mass is 268 g/mol. The molecule has 0 saturated heterocycles. The molecule has 0 aromatic heterocycles. The molecule has 0 spiro atoms. The van der Waals surface area contributed by atoms with E-state index in [2.05, 4.69) is 10.6 Å². The molecule has 0 bridgehead atoms. The van der Waals surface area contributed by atoms with Gasteiger partial charge in [0.05, 0.1) is 13.7 Å². The Morgan fingerprint density at radius 1 is 1.50 bits per heavy atom. The molecule has 18 heavy (non-hydrogen) atoms. The van der Waals surface area contributed by atoms with Crippen molar-refractivity contribution in [3.63, 3.8) is 0 Å². The lowest BCUT2D eigenvalue weighted by molar-refractivity contribution is -0.120. The normalized spacial score (nSPS) is 14.3. The summed E-state index contributed by atoms with van der Waals surface area (Å²) in [7, 11) is 1.60. The van der Waals surface area contributed by atoms with Gasteiger partial charge in [0, 0.05) is 23.2 Å². The van der Waals surface area contributed by atoms with Gasteiger partial charge in [0.1, 0.15) is 5.75 Å². The summed E-state index contributed by atoms with van der Waals surface area (Å²) in [4.78, 5) is 11.6. The molecule has 1 saturated carbocycles. The highest BCUT2D eigenvalue weighted by atomic mass is 35.5. The maximum atomic E-state index is 11.6. The molecule has 1 fully saturated rings. The van der Waals surface area contributed by atoms with E-state index in [1.165, 1.54) is 12.8 Å². The Kier molecular flexibility index (Phi) is 4.44. The number of rotatable bonds is 6. The van der Waals surface area contributed by atoms with Gasteiger partial charge in [-0.25, -0.2) is 0 Å². The van der Waals surface area contributed by atoms with Crippen LogP contribution in [-0.2, 0) is 11.3 Å². The molecule has 0 aliphatic heterocycles. The van der Waals surface area contributed by atoms with Crippen LogP contribution in [0.15, 0.2) is 18.2 Å². The van der Waals surface area contributed by atoms with Crippen LogP contribution in [0.5, 0.6) is 5.75 Å². The molecular weight excluding hydrogens is 252 g/mol. The standard InChI is InChI=1S/C13H17ClN2O2/c1-18-12-5-2-10(14)6-9(12)7-16-13(17)8-15-11-3-4-11/h2,5-6,11,15H,3-4,7-8H2,1H3,(H,16,17). The van der Waals surface area contributed by atoms with Crippen molar-refractivity contribution >= 4 is 17.5 Å². The van der Waals surface area contributed by atoms with Crippen LogP contribution in [-0.4, -0.2) is 25.6 Å². The summed E-state index contributed by atoms with van der Waals surface area (Å²) in [6, 6.07) is 5.90. The molecule has 5 heteroatoms. The van der Waals surface area contributed by atoms with Crippen LogP contribution in [0.1, 0.15) is 18.4 Å². The SMILES string of the molecule is COc1ccc(Cl)cc1CNC(=O)CNC1CC1. The van der Waals surface area contributed by atoms with Crippen LogP contribution in [0.3, 0.4) is 0 Å². The van der Waals surface area contributed by atoms with E-state index < -0.39 is 0 Å². The van der Waals surface area contributed by atoms with Gasteiger partial charge in [-0.2, -0.15) is 0 Å². The third kappa shape index (κ3) is 3.89. The fourth-order valence-corrected chi connectivity index (χ4v) is 1.86. The Hall–Kier alpha value is -1.26. The minimum atomic E-state index is -0.0103. The largest absolute Gasteiger partial charge is 0.496 e. The van der Waals surface area contributed by atoms with Crippen molar-refractivity contribution in [1.82, 2.24) is 10.6 Å². The number of ether oxygens (including phenoxy) is 1. The number of hydrogen-bond acceptors (Lipinski definition) is 3. The van der Waals surface area contributed by atoms with Gasteiger partial charge in [0.15, 0.2) is 0 Å². The van der Waals surface area contributed by atoms with Crippen LogP contribution in [0.4, 0.5) is 0 Å². The van der Waals surface area contributed by atoms with Crippen molar-refractivity contribution < 1.29 is 9.53 Å². The first-order valence-corrected chi connectivity index (χ1v) is 6.39. The third-order valence-corrected chi connectivity index (χ3v) is 3.08. The van der Waals surface area contributed by atoms with Gasteiger partial charge in [-0.05, 0) is 31.0 Å². The van der Waals surface area contributed by atoms with Gasteiger partial charge >= 0.3 is 0 Å². The lowest BCUT2D eigenvalue weighted by Gasteiger charge is -2.10. The van der Waals surface area contributed by atoms with Crippen LogP contribution in [0, 0.1) is 0 Å². The predicted octanol–water partition coefficient (Wildman–Crippen LogP) is 1.72. The highest BCUT2D eigenvalue weighted by Gasteiger charge is 2.21. The average Bonchev–Trinajstić information content (AvgIpc) is 3.18. The molecule has 1 amide bonds. The summed E-state index contributed by atoms with van der Waals surface area (Å²) in [5.41, 5.74) is 0.879. The molecule has 4 nitrogen and oxygen atoms in total. The Morgan fingerprint density at radius 3 is 2.94 bits per heavy atom. The lowest BCUT2D eigenvalue weighted by atomic mass is 10.2. The minimum Gasteiger partial charge on any atom is -0.496 e. The van der Waals surface area contributed by atoms with Crippen LogP contribution >= 0.6 is 11.6 Å². The smallest absolute Gasteiger partial charge is 0.234 e. The fraction of sp³-hybridized carbons (Fsp3) is 0.462. The Balaban J connectivity index is 1.84. The van der Waals surface area contributed by atoms with Gasteiger partial charge in [0.25, 0.3) is 0 Å². The Bertz CT molecular complexity index is 433. The average molecular weight is 269 g/mol. The number of carbonyl (C=O) groups excluding carboxylic acids is 1. The zero-order valence-electron chi connectivity index (χ0n) is 10.3. The second-order valence-electron chi connectivity index (χ2n) is 4.39. The highest BCUT2D eigenvalue weighted by molar-refractivity contribution is 6.30. The fourth-order valence-electron chi connectivity index (χ4n) is 1.67. The molecular formula is C13H17ClN2O2. The number of benzene rings is 1. The Morgan fingerprint density at radius 2 is 2.28 bits per heavy atom. The van der Waals surface area contributed by atoms with Crippen LogP contribution in [0.25, 0.3) is 0 Å². The molecule has 98 valence electrons. The Labute approximate surface area is 112 Å². The summed E-state index contributed by atoms with van der Waals surface area (Å²) in [5.74, 6) is 0.721. The molecule has 0 radical (unpaired) electrons. The van der Waals surface area contributed by atoms with E-state index in [9.17, 15) is 4.79 Å².